The van der Waals surface area contributed by atoms with Gasteiger partial charge in [0, 0.05) is 45.4 Å². The van der Waals surface area contributed by atoms with Gasteiger partial charge in [-0.2, -0.15) is 0 Å². The van der Waals surface area contributed by atoms with E-state index in [4.69, 9.17) is 14.7 Å². The summed E-state index contributed by atoms with van der Waals surface area (Å²) >= 11 is 1.89. The molecule has 1 aliphatic heterocycles. The van der Waals surface area contributed by atoms with Crippen LogP contribution in [0.25, 0.3) is 50.0 Å². The zero-order valence-corrected chi connectivity index (χ0v) is 32.3. The van der Waals surface area contributed by atoms with Gasteiger partial charge in [0.05, 0.1) is 22.2 Å². The van der Waals surface area contributed by atoms with E-state index in [9.17, 15) is 0 Å². The highest BCUT2D eigenvalue weighted by Crippen LogP contribution is 2.39. The molecule has 10 aromatic rings. The second kappa shape index (κ2) is 13.0. The second-order valence-electron chi connectivity index (χ2n) is 14.3. The molecule has 266 valence electrons. The Morgan fingerprint density at radius 1 is 0.554 bits per heavy atom. The molecule has 5 nitrogen and oxygen atoms in total. The van der Waals surface area contributed by atoms with Gasteiger partial charge in [-0.3, -0.25) is 4.57 Å². The summed E-state index contributed by atoms with van der Waals surface area (Å²) in [5, 5.41) is 7.86. The Kier molecular flexibility index (Phi) is 7.59. The zero-order chi connectivity index (χ0) is 37.2. The Balaban J connectivity index is 1.09. The van der Waals surface area contributed by atoms with Crippen LogP contribution in [-0.2, 0) is 7.05 Å². The molecule has 0 bridgehead atoms. The normalized spacial score (nSPS) is 13.2. The maximum absolute atomic E-state index is 6.63. The first-order chi connectivity index (χ1) is 27.7. The van der Waals surface area contributed by atoms with Crippen LogP contribution in [0, 0.1) is 0 Å². The molecule has 7 heteroatoms. The highest BCUT2D eigenvalue weighted by Gasteiger charge is 2.47. The minimum Gasteiger partial charge on any atom is -0.457 e. The van der Waals surface area contributed by atoms with Crippen molar-refractivity contribution in [2.75, 3.05) is 0 Å². The van der Waals surface area contributed by atoms with Gasteiger partial charge in [-0.15, -0.1) is 0 Å². The summed E-state index contributed by atoms with van der Waals surface area (Å²) in [6.07, 6.45) is 1.89. The smallest absolute Gasteiger partial charge is 0.181 e. The van der Waals surface area contributed by atoms with Crippen LogP contribution in [0.1, 0.15) is 0 Å². The molecule has 0 spiro atoms. The van der Waals surface area contributed by atoms with Crippen molar-refractivity contribution in [1.29, 1.82) is 0 Å². The summed E-state index contributed by atoms with van der Waals surface area (Å²) in [7, 11) is -0.705. The van der Waals surface area contributed by atoms with Crippen molar-refractivity contribution in [3.05, 3.63) is 188 Å². The van der Waals surface area contributed by atoms with Gasteiger partial charge in [-0.25, -0.2) is 9.97 Å². The fourth-order valence-electron chi connectivity index (χ4n) is 8.73. The number of aromatic nitrogens is 4. The van der Waals surface area contributed by atoms with E-state index in [0.29, 0.717) is 0 Å². The van der Waals surface area contributed by atoms with Gasteiger partial charge in [0.2, 0.25) is 0 Å². The van der Waals surface area contributed by atoms with Crippen LogP contribution in [0.5, 0.6) is 11.5 Å². The van der Waals surface area contributed by atoms with Crippen LogP contribution in [0.15, 0.2) is 198 Å². The van der Waals surface area contributed by atoms with Gasteiger partial charge in [0.25, 0.3) is 0 Å². The van der Waals surface area contributed by atoms with Crippen molar-refractivity contribution in [2.45, 2.75) is 9.79 Å². The number of benzene rings is 7. The number of imidazole rings is 1. The lowest BCUT2D eigenvalue weighted by atomic mass is 10.2. The van der Waals surface area contributed by atoms with Crippen LogP contribution in [0.4, 0.5) is 0 Å². The maximum Gasteiger partial charge on any atom is 0.181 e. The highest BCUT2D eigenvalue weighted by atomic mass is 32.2. The minimum atomic E-state index is -2.76. The molecule has 11 rings (SSSR count). The molecule has 0 amide bonds. The number of aryl methyl sites for hydroxylation is 1. The number of ether oxygens (including phenoxy) is 1. The molecule has 0 fully saturated rings. The molecule has 56 heavy (non-hydrogen) atoms. The van der Waals surface area contributed by atoms with E-state index in [1.165, 1.54) is 35.9 Å². The van der Waals surface area contributed by atoms with E-state index in [-0.39, 0.29) is 0 Å². The standard InChI is InChI=1S/C49H34N4OSSi/c1-52-42-25-9-8-24-41(42)51-48(52)33-15-12-17-35(29-33)54-36-18-13-16-34(30-36)53-43-32-47-45(31-40(43)39-23-14-28-50-49(39)53)55-44-26-10-11-27-46(44)56(47,37-19-4-2-5-20-37)38-21-6-3-7-22-38/h2-32H,1H3. The maximum atomic E-state index is 6.63. The predicted molar refractivity (Wildman–Crippen MR) is 233 cm³/mol. The Labute approximate surface area is 329 Å². The third-order valence-electron chi connectivity index (χ3n) is 11.1. The number of nitrogens with zero attached hydrogens (tertiary/aromatic N) is 4. The van der Waals surface area contributed by atoms with E-state index in [0.717, 1.165) is 56.2 Å². The minimum absolute atomic E-state index is 0.746. The first-order valence-electron chi connectivity index (χ1n) is 18.8. The summed E-state index contributed by atoms with van der Waals surface area (Å²) in [6, 6.07) is 65.3. The average molecular weight is 755 g/mol. The zero-order valence-electron chi connectivity index (χ0n) is 30.5. The van der Waals surface area contributed by atoms with Crippen molar-refractivity contribution in [2.24, 2.45) is 7.05 Å². The predicted octanol–water partition coefficient (Wildman–Crippen LogP) is 9.37. The number of pyridine rings is 1. The summed E-state index contributed by atoms with van der Waals surface area (Å²) in [6.45, 7) is 0. The summed E-state index contributed by atoms with van der Waals surface area (Å²) in [4.78, 5) is 12.6. The number of fused-ring (bicyclic) bond motifs is 6. The van der Waals surface area contributed by atoms with E-state index in [1.807, 2.05) is 60.4 Å². The van der Waals surface area contributed by atoms with Gasteiger partial charge in [0.1, 0.15) is 23.0 Å². The monoisotopic (exact) mass is 754 g/mol. The number of rotatable bonds is 6. The molecule has 1 aliphatic rings. The molecule has 0 unspecified atom stereocenters. The van der Waals surface area contributed by atoms with Crippen LogP contribution < -0.4 is 25.5 Å². The fourth-order valence-corrected chi connectivity index (χ4v) is 15.7. The van der Waals surface area contributed by atoms with Gasteiger partial charge in [0.15, 0.2) is 8.07 Å². The Morgan fingerprint density at radius 3 is 2.07 bits per heavy atom. The van der Waals surface area contributed by atoms with Crippen molar-refractivity contribution in [3.63, 3.8) is 0 Å². The number of hydrogen-bond donors (Lipinski definition) is 0. The lowest BCUT2D eigenvalue weighted by Gasteiger charge is -2.40. The summed E-state index contributed by atoms with van der Waals surface area (Å²) in [5.41, 5.74) is 6.10. The molecular formula is C49H34N4OSSi. The third-order valence-corrected chi connectivity index (χ3v) is 17.5. The van der Waals surface area contributed by atoms with Crippen molar-refractivity contribution < 1.29 is 4.74 Å². The molecule has 0 N–H and O–H groups in total. The fraction of sp³-hybridized carbons (Fsp3) is 0.0204. The van der Waals surface area contributed by atoms with E-state index in [1.54, 1.807) is 0 Å². The van der Waals surface area contributed by atoms with Crippen LogP contribution in [-0.4, -0.2) is 27.2 Å². The molecular weight excluding hydrogens is 721 g/mol. The topological polar surface area (TPSA) is 44.9 Å². The van der Waals surface area contributed by atoms with Crippen LogP contribution in [0.2, 0.25) is 0 Å². The first kappa shape index (κ1) is 32.7. The van der Waals surface area contributed by atoms with Crippen molar-refractivity contribution >= 4 is 73.6 Å². The van der Waals surface area contributed by atoms with E-state index >= 15 is 0 Å². The van der Waals surface area contributed by atoms with Crippen LogP contribution >= 0.6 is 11.8 Å². The van der Waals surface area contributed by atoms with E-state index in [2.05, 4.69) is 156 Å². The first-order valence-corrected chi connectivity index (χ1v) is 21.6. The number of hydrogen-bond acceptors (Lipinski definition) is 4. The van der Waals surface area contributed by atoms with Gasteiger partial charge >= 0.3 is 0 Å². The Morgan fingerprint density at radius 2 is 1.27 bits per heavy atom. The van der Waals surface area contributed by atoms with E-state index < -0.39 is 8.07 Å². The van der Waals surface area contributed by atoms with Gasteiger partial charge in [-0.1, -0.05) is 121 Å². The molecule has 0 saturated heterocycles. The van der Waals surface area contributed by atoms with Gasteiger partial charge < -0.3 is 9.30 Å². The second-order valence-corrected chi connectivity index (χ2v) is 19.1. The van der Waals surface area contributed by atoms with Crippen LogP contribution in [0.3, 0.4) is 0 Å². The quantitative estimate of drug-likeness (QED) is 0.159. The molecule has 0 radical (unpaired) electrons. The Bertz CT molecular complexity index is 3080. The highest BCUT2D eigenvalue weighted by molar-refractivity contribution is 8.00. The van der Waals surface area contributed by atoms with Gasteiger partial charge in [-0.05, 0) is 87.5 Å². The third kappa shape index (κ3) is 5.01. The lowest BCUT2D eigenvalue weighted by molar-refractivity contribution is 0.482. The van der Waals surface area contributed by atoms with Crippen molar-refractivity contribution in [3.8, 4) is 28.6 Å². The molecule has 7 aromatic carbocycles. The van der Waals surface area contributed by atoms with Crippen molar-refractivity contribution in [1.82, 2.24) is 19.1 Å². The SMILES string of the molecule is Cn1c(-c2cccc(Oc3cccc(-n4c5cc6c(cc5c5cccnc54)Sc4ccccc4[Si]6(c4ccccc4)c4ccccc4)c3)c2)nc2ccccc21. The Hall–Kier alpha value is -6.67. The average Bonchev–Trinajstić information content (AvgIpc) is 3.77. The molecule has 0 saturated carbocycles. The largest absolute Gasteiger partial charge is 0.457 e. The summed E-state index contributed by atoms with van der Waals surface area (Å²) in [5.74, 6) is 2.39. The molecule has 0 aliphatic carbocycles. The molecule has 0 atom stereocenters. The number of para-hydroxylation sites is 2. The molecule has 4 heterocycles. The molecule has 3 aromatic heterocycles. The summed E-state index contributed by atoms with van der Waals surface area (Å²) < 4.78 is 11.1. The lowest BCUT2D eigenvalue weighted by Crippen LogP contribution is -2.76.